The van der Waals surface area contributed by atoms with Crippen LogP contribution in [0, 0.1) is 13.8 Å². The number of hydrogen-bond acceptors (Lipinski definition) is 6. The molecule has 0 aliphatic carbocycles. The van der Waals surface area contributed by atoms with Gasteiger partial charge in [0, 0.05) is 19.3 Å². The number of aryl methyl sites for hydroxylation is 2. The molecule has 0 bridgehead atoms. The van der Waals surface area contributed by atoms with Crippen LogP contribution in [0.5, 0.6) is 5.75 Å². The smallest absolute Gasteiger partial charge is 0.220 e. The Bertz CT molecular complexity index is 1120. The topological polar surface area (TPSA) is 92.6 Å². The first kappa shape index (κ1) is 23.8. The molecule has 0 fully saturated rings. The van der Waals surface area contributed by atoms with E-state index in [0.29, 0.717) is 11.4 Å². The number of nitrogens with zero attached hydrogens (tertiary/aromatic N) is 3. The molecular weight excluding hydrogens is 426 g/mol. The lowest BCUT2D eigenvalue weighted by Gasteiger charge is -2.28. The van der Waals surface area contributed by atoms with Crippen LogP contribution in [-0.4, -0.2) is 40.2 Å². The molecule has 0 saturated carbocycles. The number of aromatic nitrogens is 2. The van der Waals surface area contributed by atoms with Gasteiger partial charge in [-0.15, -0.1) is 0 Å². The average molecular weight is 456 g/mol. The van der Waals surface area contributed by atoms with Gasteiger partial charge in [-0.2, -0.15) is 4.31 Å². The highest BCUT2D eigenvalue weighted by Gasteiger charge is 2.35. The molecule has 2 aromatic carbocycles. The van der Waals surface area contributed by atoms with Crippen LogP contribution in [-0.2, 0) is 23.1 Å². The molecule has 1 N–H and O–H groups in total. The molecule has 0 aliphatic rings. The third-order valence-electron chi connectivity index (χ3n) is 5.38. The van der Waals surface area contributed by atoms with Crippen molar-refractivity contribution in [3.05, 3.63) is 89.0 Å². The van der Waals surface area contributed by atoms with Crippen molar-refractivity contribution in [2.45, 2.75) is 45.2 Å². The summed E-state index contributed by atoms with van der Waals surface area (Å²) in [6.45, 7) is 5.61. The van der Waals surface area contributed by atoms with Crippen LogP contribution in [0.2, 0.25) is 0 Å². The highest BCUT2D eigenvalue weighted by molar-refractivity contribution is 7.89. The molecule has 2 atom stereocenters. The zero-order chi connectivity index (χ0) is 23.3. The Labute approximate surface area is 189 Å². The fraction of sp³-hybridized carbons (Fsp3) is 0.333. The van der Waals surface area contributed by atoms with E-state index in [1.807, 2.05) is 43.3 Å². The lowest BCUT2D eigenvalue weighted by molar-refractivity contribution is 0.167. The molecule has 8 heteroatoms. The number of aliphatic hydroxyl groups excluding tert-OH is 1. The van der Waals surface area contributed by atoms with Gasteiger partial charge in [0.15, 0.2) is 0 Å². The van der Waals surface area contributed by atoms with Gasteiger partial charge in [-0.25, -0.2) is 8.42 Å². The van der Waals surface area contributed by atoms with Crippen LogP contribution in [0.25, 0.3) is 0 Å². The third-order valence-corrected chi connectivity index (χ3v) is 7.55. The van der Waals surface area contributed by atoms with Gasteiger partial charge in [-0.05, 0) is 44.0 Å². The predicted molar refractivity (Wildman–Crippen MR) is 124 cm³/mol. The largest absolute Gasteiger partial charge is 0.497 e. The summed E-state index contributed by atoms with van der Waals surface area (Å²) in [7, 11) is -2.31. The number of aliphatic hydroxyl groups is 1. The molecule has 0 radical (unpaired) electrons. The van der Waals surface area contributed by atoms with Crippen molar-refractivity contribution in [1.82, 2.24) is 14.3 Å². The van der Waals surface area contributed by atoms with Gasteiger partial charge in [0.05, 0.1) is 24.7 Å². The molecule has 3 aromatic rings. The van der Waals surface area contributed by atoms with E-state index in [4.69, 9.17) is 4.74 Å². The van der Waals surface area contributed by atoms with Crippen molar-refractivity contribution in [3.8, 4) is 5.75 Å². The van der Waals surface area contributed by atoms with Crippen LogP contribution in [0.1, 0.15) is 41.1 Å². The molecule has 0 amide bonds. The van der Waals surface area contributed by atoms with Crippen molar-refractivity contribution in [2.24, 2.45) is 0 Å². The van der Waals surface area contributed by atoms with Crippen LogP contribution in [0.4, 0.5) is 0 Å². The van der Waals surface area contributed by atoms with Crippen LogP contribution < -0.4 is 4.74 Å². The number of ether oxygens (including phenoxy) is 1. The van der Waals surface area contributed by atoms with E-state index in [2.05, 4.69) is 9.97 Å². The third kappa shape index (κ3) is 5.70. The second kappa shape index (κ2) is 10.2. The number of rotatable bonds is 9. The van der Waals surface area contributed by atoms with E-state index in [1.54, 1.807) is 26.2 Å². The Kier molecular flexibility index (Phi) is 7.60. The minimum Gasteiger partial charge on any atom is -0.497 e. The first-order valence-corrected chi connectivity index (χ1v) is 11.8. The molecule has 32 heavy (non-hydrogen) atoms. The molecule has 1 heterocycles. The van der Waals surface area contributed by atoms with Gasteiger partial charge >= 0.3 is 0 Å². The fourth-order valence-electron chi connectivity index (χ4n) is 3.26. The Morgan fingerprint density at radius 1 is 0.938 bits per heavy atom. The van der Waals surface area contributed by atoms with Crippen molar-refractivity contribution in [2.75, 3.05) is 7.11 Å². The normalized spacial score (nSPS) is 13.7. The van der Waals surface area contributed by atoms with Gasteiger partial charge in [-0.1, -0.05) is 42.0 Å². The number of methoxy groups -OCH3 is 1. The average Bonchev–Trinajstić information content (AvgIpc) is 2.80. The van der Waals surface area contributed by atoms with Crippen molar-refractivity contribution in [3.63, 3.8) is 0 Å². The van der Waals surface area contributed by atoms with Gasteiger partial charge in [0.2, 0.25) is 10.0 Å². The van der Waals surface area contributed by atoms with E-state index in [9.17, 15) is 13.5 Å². The Hall–Kier alpha value is -2.81. The van der Waals surface area contributed by atoms with E-state index in [-0.39, 0.29) is 18.8 Å². The van der Waals surface area contributed by atoms with Crippen LogP contribution in [0.15, 0.2) is 60.9 Å². The Morgan fingerprint density at radius 2 is 1.50 bits per heavy atom. The summed E-state index contributed by atoms with van der Waals surface area (Å²) in [5, 5.41) is 9.67. The Morgan fingerprint density at radius 3 is 2.00 bits per heavy atom. The maximum atomic E-state index is 13.6. The standard InChI is InChI=1S/C24H29N3O4S/c1-17-5-7-20(8-6-17)15-27(16-21-9-11-22(31-4)12-10-21)32(29,30)19(3)24(28)23-14-25-18(2)13-26-23/h5-14,19,24,28H,15-16H2,1-4H3/t19-,24-/m1/s1. The number of hydrogen-bond donors (Lipinski definition) is 1. The lowest BCUT2D eigenvalue weighted by Crippen LogP contribution is -2.39. The van der Waals surface area contributed by atoms with Crippen LogP contribution in [0.3, 0.4) is 0 Å². The zero-order valence-corrected chi connectivity index (χ0v) is 19.6. The monoisotopic (exact) mass is 455 g/mol. The van der Waals surface area contributed by atoms with Crippen molar-refractivity contribution < 1.29 is 18.3 Å². The highest BCUT2D eigenvalue weighted by Crippen LogP contribution is 2.26. The predicted octanol–water partition coefficient (Wildman–Crippen LogP) is 3.56. The summed E-state index contributed by atoms with van der Waals surface area (Å²) in [5.74, 6) is 0.698. The maximum absolute atomic E-state index is 13.6. The summed E-state index contributed by atoms with van der Waals surface area (Å²) in [6.07, 6.45) is 1.63. The molecule has 0 saturated heterocycles. The van der Waals surface area contributed by atoms with Crippen molar-refractivity contribution >= 4 is 10.0 Å². The van der Waals surface area contributed by atoms with Gasteiger partial charge < -0.3 is 9.84 Å². The van der Waals surface area contributed by atoms with E-state index < -0.39 is 21.4 Å². The van der Waals surface area contributed by atoms with E-state index in [0.717, 1.165) is 16.7 Å². The number of benzene rings is 2. The summed E-state index contributed by atoms with van der Waals surface area (Å²) in [6, 6.07) is 15.0. The molecule has 0 unspecified atom stereocenters. The zero-order valence-electron chi connectivity index (χ0n) is 18.8. The van der Waals surface area contributed by atoms with Crippen LogP contribution >= 0.6 is 0 Å². The fourth-order valence-corrected chi connectivity index (χ4v) is 4.85. The molecule has 0 spiro atoms. The van der Waals surface area contributed by atoms with E-state index in [1.165, 1.54) is 23.6 Å². The molecule has 170 valence electrons. The quantitative estimate of drug-likeness (QED) is 0.530. The van der Waals surface area contributed by atoms with Gasteiger partial charge in [0.25, 0.3) is 0 Å². The first-order valence-electron chi connectivity index (χ1n) is 10.3. The summed E-state index contributed by atoms with van der Waals surface area (Å²) in [5.41, 5.74) is 3.70. The first-order chi connectivity index (χ1) is 15.2. The Balaban J connectivity index is 1.91. The van der Waals surface area contributed by atoms with Crippen molar-refractivity contribution in [1.29, 1.82) is 0 Å². The second-order valence-corrected chi connectivity index (χ2v) is 10.2. The molecule has 1 aromatic heterocycles. The van der Waals surface area contributed by atoms with E-state index >= 15 is 0 Å². The number of sulfonamides is 1. The summed E-state index contributed by atoms with van der Waals surface area (Å²) < 4.78 is 33.8. The molecular formula is C24H29N3O4S. The highest BCUT2D eigenvalue weighted by atomic mass is 32.2. The minimum atomic E-state index is -3.90. The molecule has 0 aliphatic heterocycles. The SMILES string of the molecule is COc1ccc(CN(Cc2ccc(C)cc2)S(=O)(=O)[C@H](C)[C@@H](O)c2cnc(C)cn2)cc1. The summed E-state index contributed by atoms with van der Waals surface area (Å²) >= 11 is 0. The summed E-state index contributed by atoms with van der Waals surface area (Å²) in [4.78, 5) is 8.29. The van der Waals surface area contributed by atoms with Gasteiger partial charge in [-0.3, -0.25) is 9.97 Å². The molecule has 7 nitrogen and oxygen atoms in total. The minimum absolute atomic E-state index is 0.164. The molecule has 3 rings (SSSR count). The second-order valence-electron chi connectivity index (χ2n) is 7.88. The lowest BCUT2D eigenvalue weighted by atomic mass is 10.1. The maximum Gasteiger partial charge on any atom is 0.220 e. The van der Waals surface area contributed by atoms with Gasteiger partial charge in [0.1, 0.15) is 17.1 Å².